The summed E-state index contributed by atoms with van der Waals surface area (Å²) in [5.74, 6) is 2.05. The van der Waals surface area contributed by atoms with E-state index in [-0.39, 0.29) is 5.91 Å². The first kappa shape index (κ1) is 22.8. The number of piperazine rings is 1. The van der Waals surface area contributed by atoms with E-state index in [0.29, 0.717) is 31.3 Å². The van der Waals surface area contributed by atoms with Crippen LogP contribution in [-0.4, -0.2) is 57.0 Å². The smallest absolute Gasteiger partial charge is 0.255 e. The second-order valence-electron chi connectivity index (χ2n) is 8.21. The third kappa shape index (κ3) is 5.38. The summed E-state index contributed by atoms with van der Waals surface area (Å²) in [7, 11) is 0. The van der Waals surface area contributed by atoms with Crippen LogP contribution in [0.25, 0.3) is 11.4 Å². The molecule has 3 heterocycles. The number of aromatic nitrogens is 3. The Hall–Kier alpha value is -3.01. The fraction of sp³-hybridized carbons (Fsp3) is 0.280. The Bertz CT molecular complexity index is 1230. The zero-order valence-corrected chi connectivity index (χ0v) is 20.5. The number of benzene rings is 2. The van der Waals surface area contributed by atoms with E-state index >= 15 is 0 Å². The maximum Gasteiger partial charge on any atom is 0.255 e. The van der Waals surface area contributed by atoms with Crippen molar-refractivity contribution in [2.24, 2.45) is 0 Å². The zero-order chi connectivity index (χ0) is 23.3. The highest BCUT2D eigenvalue weighted by Gasteiger charge is 2.25. The first-order valence-electron chi connectivity index (χ1n) is 11.2. The summed E-state index contributed by atoms with van der Waals surface area (Å²) < 4.78 is 5.48. The van der Waals surface area contributed by atoms with Gasteiger partial charge in [-0.05, 0) is 19.1 Å². The lowest BCUT2D eigenvalue weighted by molar-refractivity contribution is 0.0612. The lowest BCUT2D eigenvalue weighted by Gasteiger charge is -2.34. The molecule has 0 N–H and O–H groups in total. The standard InChI is InChI=1S/C25H25N5O2S2/c1-18-6-8-19(9-7-18)24-27-23(32-28-24)14-29-10-12-30(13-11-29)25(31)21-4-2-3-5-22(21)34-16-20-15-33-17-26-20/h2-9,15,17H,10-14,16H2,1H3. The first-order chi connectivity index (χ1) is 16.7. The molecule has 174 valence electrons. The molecule has 0 atom stereocenters. The third-order valence-electron chi connectivity index (χ3n) is 5.77. The molecule has 34 heavy (non-hydrogen) atoms. The van der Waals surface area contributed by atoms with Gasteiger partial charge in [-0.15, -0.1) is 23.1 Å². The van der Waals surface area contributed by atoms with Gasteiger partial charge in [-0.1, -0.05) is 47.1 Å². The van der Waals surface area contributed by atoms with Gasteiger partial charge < -0.3 is 9.42 Å². The lowest BCUT2D eigenvalue weighted by Crippen LogP contribution is -2.48. The van der Waals surface area contributed by atoms with Crippen LogP contribution in [0.15, 0.2) is 68.8 Å². The van der Waals surface area contributed by atoms with Crippen molar-refractivity contribution in [1.82, 2.24) is 24.9 Å². The fourth-order valence-corrected chi connectivity index (χ4v) is 5.45. The number of nitrogens with zero attached hydrogens (tertiary/aromatic N) is 5. The van der Waals surface area contributed by atoms with Crippen molar-refractivity contribution < 1.29 is 9.32 Å². The molecule has 1 saturated heterocycles. The molecule has 0 saturated carbocycles. The number of carbonyl (C=O) groups excluding carboxylic acids is 1. The molecule has 9 heteroatoms. The van der Waals surface area contributed by atoms with Crippen LogP contribution >= 0.6 is 23.1 Å². The molecule has 2 aromatic heterocycles. The van der Waals surface area contributed by atoms with E-state index in [0.717, 1.165) is 40.6 Å². The van der Waals surface area contributed by atoms with Gasteiger partial charge in [-0.2, -0.15) is 4.98 Å². The third-order valence-corrected chi connectivity index (χ3v) is 7.52. The molecular weight excluding hydrogens is 466 g/mol. The number of hydrogen-bond acceptors (Lipinski definition) is 8. The van der Waals surface area contributed by atoms with E-state index in [2.05, 4.69) is 26.9 Å². The minimum atomic E-state index is 0.0838. The maximum atomic E-state index is 13.3. The lowest BCUT2D eigenvalue weighted by atomic mass is 10.1. The highest BCUT2D eigenvalue weighted by Crippen LogP contribution is 2.27. The molecule has 0 spiro atoms. The van der Waals surface area contributed by atoms with E-state index in [1.54, 1.807) is 23.1 Å². The summed E-state index contributed by atoms with van der Waals surface area (Å²) in [5, 5.41) is 6.17. The number of hydrogen-bond donors (Lipinski definition) is 0. The van der Waals surface area contributed by atoms with Crippen LogP contribution in [0.1, 0.15) is 27.5 Å². The van der Waals surface area contributed by atoms with Crippen LogP contribution in [0.5, 0.6) is 0 Å². The second-order valence-corrected chi connectivity index (χ2v) is 9.95. The molecule has 0 aliphatic carbocycles. The number of carbonyl (C=O) groups is 1. The molecule has 0 bridgehead atoms. The summed E-state index contributed by atoms with van der Waals surface area (Å²) >= 11 is 3.25. The van der Waals surface area contributed by atoms with Crippen molar-refractivity contribution in [1.29, 1.82) is 0 Å². The second kappa shape index (κ2) is 10.5. The highest BCUT2D eigenvalue weighted by atomic mass is 32.2. The SMILES string of the molecule is Cc1ccc(-c2noc(CN3CCN(C(=O)c4ccccc4SCc4cscn4)CC3)n2)cc1. The molecule has 7 nitrogen and oxygen atoms in total. The Kier molecular flexibility index (Phi) is 7.03. The van der Waals surface area contributed by atoms with E-state index in [9.17, 15) is 4.79 Å². The van der Waals surface area contributed by atoms with E-state index in [1.807, 2.05) is 64.3 Å². The van der Waals surface area contributed by atoms with Crippen LogP contribution in [0.2, 0.25) is 0 Å². The molecule has 1 aliphatic rings. The predicted molar refractivity (Wildman–Crippen MR) is 134 cm³/mol. The summed E-state index contributed by atoms with van der Waals surface area (Å²) in [6.07, 6.45) is 0. The fourth-order valence-electron chi connectivity index (χ4n) is 3.84. The van der Waals surface area contributed by atoms with Crippen molar-refractivity contribution in [2.75, 3.05) is 26.2 Å². The van der Waals surface area contributed by atoms with Crippen LogP contribution in [0.4, 0.5) is 0 Å². The molecule has 1 aliphatic heterocycles. The number of thioether (sulfide) groups is 1. The van der Waals surface area contributed by atoms with Crippen molar-refractivity contribution in [2.45, 2.75) is 24.1 Å². The molecule has 4 aromatic rings. The van der Waals surface area contributed by atoms with Gasteiger partial charge in [0.05, 0.1) is 23.3 Å². The first-order valence-corrected chi connectivity index (χ1v) is 13.1. The molecule has 0 radical (unpaired) electrons. The Morgan fingerprint density at radius 1 is 1.09 bits per heavy atom. The van der Waals surface area contributed by atoms with Crippen LogP contribution in [-0.2, 0) is 12.3 Å². The largest absolute Gasteiger partial charge is 0.338 e. The van der Waals surface area contributed by atoms with E-state index in [1.165, 1.54) is 5.56 Å². The van der Waals surface area contributed by atoms with Crippen LogP contribution in [0.3, 0.4) is 0 Å². The van der Waals surface area contributed by atoms with Crippen molar-refractivity contribution in [3.8, 4) is 11.4 Å². The summed E-state index contributed by atoms with van der Waals surface area (Å²) in [5.41, 5.74) is 5.78. The highest BCUT2D eigenvalue weighted by molar-refractivity contribution is 7.98. The van der Waals surface area contributed by atoms with E-state index in [4.69, 9.17) is 4.52 Å². The van der Waals surface area contributed by atoms with Gasteiger partial charge >= 0.3 is 0 Å². The van der Waals surface area contributed by atoms with Gasteiger partial charge in [0.2, 0.25) is 11.7 Å². The molecule has 2 aromatic carbocycles. The zero-order valence-electron chi connectivity index (χ0n) is 18.9. The minimum absolute atomic E-state index is 0.0838. The van der Waals surface area contributed by atoms with Gasteiger partial charge in [0.15, 0.2) is 0 Å². The normalized spacial score (nSPS) is 14.4. The summed E-state index contributed by atoms with van der Waals surface area (Å²) in [6, 6.07) is 15.9. The van der Waals surface area contributed by atoms with Crippen molar-refractivity contribution in [3.05, 3.63) is 82.1 Å². The Morgan fingerprint density at radius 2 is 1.88 bits per heavy atom. The van der Waals surface area contributed by atoms with Crippen molar-refractivity contribution >= 4 is 29.0 Å². The predicted octanol–water partition coefficient (Wildman–Crippen LogP) is 4.75. The van der Waals surface area contributed by atoms with E-state index < -0.39 is 0 Å². The summed E-state index contributed by atoms with van der Waals surface area (Å²) in [4.78, 5) is 27.3. The molecule has 1 fully saturated rings. The number of aryl methyl sites for hydroxylation is 1. The number of rotatable bonds is 7. The topological polar surface area (TPSA) is 75.4 Å². The van der Waals surface area contributed by atoms with Gasteiger partial charge in [0.25, 0.3) is 5.91 Å². The maximum absolute atomic E-state index is 13.3. The molecule has 1 amide bonds. The summed E-state index contributed by atoms with van der Waals surface area (Å²) in [6.45, 7) is 5.51. The molecule has 5 rings (SSSR count). The van der Waals surface area contributed by atoms with Crippen molar-refractivity contribution in [3.63, 3.8) is 0 Å². The van der Waals surface area contributed by atoms with Crippen LogP contribution in [0, 0.1) is 6.92 Å². The number of amides is 1. The minimum Gasteiger partial charge on any atom is -0.338 e. The Morgan fingerprint density at radius 3 is 2.65 bits per heavy atom. The quantitative estimate of drug-likeness (QED) is 0.345. The number of thiazole rings is 1. The average Bonchev–Trinajstić information content (AvgIpc) is 3.56. The van der Waals surface area contributed by atoms with Gasteiger partial charge in [-0.3, -0.25) is 9.69 Å². The van der Waals surface area contributed by atoms with Crippen LogP contribution < -0.4 is 0 Å². The average molecular weight is 492 g/mol. The van der Waals surface area contributed by atoms with Gasteiger partial charge in [0, 0.05) is 47.8 Å². The van der Waals surface area contributed by atoms with Gasteiger partial charge in [-0.25, -0.2) is 4.98 Å². The van der Waals surface area contributed by atoms with Gasteiger partial charge in [0.1, 0.15) is 0 Å². The monoisotopic (exact) mass is 491 g/mol. The molecular formula is C25H25N5O2S2. The molecule has 0 unspecified atom stereocenters. The Labute approximate surface area is 206 Å². The Balaban J connectivity index is 1.17.